The van der Waals surface area contributed by atoms with Crippen molar-refractivity contribution in [1.29, 1.82) is 0 Å². The SMILES string of the molecule is O=Cc1cccc2ccn(Cc3ccccn3)c12. The van der Waals surface area contributed by atoms with Crippen LogP contribution in [0.1, 0.15) is 16.1 Å². The molecule has 0 spiro atoms. The summed E-state index contributed by atoms with van der Waals surface area (Å²) in [6, 6.07) is 13.6. The van der Waals surface area contributed by atoms with Crippen molar-refractivity contribution in [2.75, 3.05) is 0 Å². The Kier molecular flexibility index (Phi) is 2.65. The number of para-hydroxylation sites is 1. The first-order chi connectivity index (χ1) is 8.88. The summed E-state index contributed by atoms with van der Waals surface area (Å²) in [6.45, 7) is 0.676. The number of benzene rings is 1. The summed E-state index contributed by atoms with van der Waals surface area (Å²) in [7, 11) is 0. The number of hydrogen-bond donors (Lipinski definition) is 0. The largest absolute Gasteiger partial charge is 0.341 e. The molecule has 0 fully saturated rings. The molecule has 3 heteroatoms. The minimum atomic E-state index is 0.676. The molecule has 0 saturated heterocycles. The van der Waals surface area contributed by atoms with E-state index in [0.717, 1.165) is 22.9 Å². The smallest absolute Gasteiger partial charge is 0.152 e. The number of aldehydes is 1. The molecule has 3 rings (SSSR count). The van der Waals surface area contributed by atoms with E-state index in [1.165, 1.54) is 0 Å². The zero-order chi connectivity index (χ0) is 12.4. The number of aromatic nitrogens is 2. The highest BCUT2D eigenvalue weighted by Crippen LogP contribution is 2.19. The molecule has 0 amide bonds. The molecule has 1 aromatic carbocycles. The van der Waals surface area contributed by atoms with Crippen LogP contribution in [-0.2, 0) is 6.54 Å². The molecule has 0 bridgehead atoms. The molecular weight excluding hydrogens is 224 g/mol. The highest BCUT2D eigenvalue weighted by atomic mass is 16.1. The van der Waals surface area contributed by atoms with E-state index in [2.05, 4.69) is 9.55 Å². The monoisotopic (exact) mass is 236 g/mol. The highest BCUT2D eigenvalue weighted by Gasteiger charge is 2.06. The van der Waals surface area contributed by atoms with E-state index in [1.54, 1.807) is 6.20 Å². The van der Waals surface area contributed by atoms with Gasteiger partial charge in [0.15, 0.2) is 6.29 Å². The lowest BCUT2D eigenvalue weighted by Crippen LogP contribution is -2.01. The molecule has 0 unspecified atom stereocenters. The molecule has 0 aliphatic heterocycles. The van der Waals surface area contributed by atoms with Gasteiger partial charge in [0.05, 0.1) is 17.8 Å². The summed E-state index contributed by atoms with van der Waals surface area (Å²) >= 11 is 0. The fourth-order valence-electron chi connectivity index (χ4n) is 2.18. The second-order valence-electron chi connectivity index (χ2n) is 4.17. The Balaban J connectivity index is 2.10. The van der Waals surface area contributed by atoms with Gasteiger partial charge in [-0.25, -0.2) is 0 Å². The van der Waals surface area contributed by atoms with Crippen LogP contribution in [0.25, 0.3) is 10.9 Å². The number of carbonyl (C=O) groups is 1. The van der Waals surface area contributed by atoms with Crippen molar-refractivity contribution in [2.24, 2.45) is 0 Å². The second-order valence-corrected chi connectivity index (χ2v) is 4.17. The number of nitrogens with zero attached hydrogens (tertiary/aromatic N) is 2. The van der Waals surface area contributed by atoms with Crippen LogP contribution in [0.15, 0.2) is 54.9 Å². The molecule has 3 nitrogen and oxygen atoms in total. The van der Waals surface area contributed by atoms with Gasteiger partial charge >= 0.3 is 0 Å². The molecule has 2 aromatic heterocycles. The summed E-state index contributed by atoms with van der Waals surface area (Å²) in [4.78, 5) is 15.4. The molecule has 2 heterocycles. The van der Waals surface area contributed by atoms with Gasteiger partial charge in [-0.15, -0.1) is 0 Å². The Bertz CT molecular complexity index is 686. The maximum atomic E-state index is 11.1. The van der Waals surface area contributed by atoms with E-state index in [1.807, 2.05) is 48.7 Å². The van der Waals surface area contributed by atoms with Crippen molar-refractivity contribution in [1.82, 2.24) is 9.55 Å². The molecule has 0 radical (unpaired) electrons. The number of carbonyl (C=O) groups excluding carboxylic acids is 1. The Morgan fingerprint density at radius 1 is 1.11 bits per heavy atom. The van der Waals surface area contributed by atoms with Crippen LogP contribution >= 0.6 is 0 Å². The van der Waals surface area contributed by atoms with Crippen molar-refractivity contribution in [3.63, 3.8) is 0 Å². The molecule has 3 aromatic rings. The molecular formula is C15H12N2O. The van der Waals surface area contributed by atoms with Gasteiger partial charge in [0.2, 0.25) is 0 Å². The zero-order valence-electron chi connectivity index (χ0n) is 9.78. The van der Waals surface area contributed by atoms with Crippen LogP contribution in [-0.4, -0.2) is 15.8 Å². The van der Waals surface area contributed by atoms with Crippen LogP contribution < -0.4 is 0 Å². The fraction of sp³-hybridized carbons (Fsp3) is 0.0667. The first-order valence-corrected chi connectivity index (χ1v) is 5.81. The predicted octanol–water partition coefficient (Wildman–Crippen LogP) is 2.90. The molecule has 88 valence electrons. The maximum Gasteiger partial charge on any atom is 0.152 e. The quantitative estimate of drug-likeness (QED) is 0.655. The van der Waals surface area contributed by atoms with E-state index < -0.39 is 0 Å². The van der Waals surface area contributed by atoms with Gasteiger partial charge in [-0.2, -0.15) is 0 Å². The van der Waals surface area contributed by atoms with Crippen LogP contribution in [0.2, 0.25) is 0 Å². The minimum Gasteiger partial charge on any atom is -0.341 e. The van der Waals surface area contributed by atoms with Crippen LogP contribution in [0, 0.1) is 0 Å². The summed E-state index contributed by atoms with van der Waals surface area (Å²) in [5, 5.41) is 1.08. The van der Waals surface area contributed by atoms with E-state index in [9.17, 15) is 4.79 Å². The first kappa shape index (κ1) is 10.7. The van der Waals surface area contributed by atoms with Crippen LogP contribution in [0.5, 0.6) is 0 Å². The van der Waals surface area contributed by atoms with Crippen molar-refractivity contribution in [3.05, 3.63) is 66.1 Å². The Hall–Kier alpha value is -2.42. The predicted molar refractivity (Wildman–Crippen MR) is 70.7 cm³/mol. The number of hydrogen-bond acceptors (Lipinski definition) is 2. The summed E-state index contributed by atoms with van der Waals surface area (Å²) < 4.78 is 2.06. The van der Waals surface area contributed by atoms with E-state index in [4.69, 9.17) is 0 Å². The van der Waals surface area contributed by atoms with Gasteiger partial charge in [0.25, 0.3) is 0 Å². The van der Waals surface area contributed by atoms with Gasteiger partial charge in [-0.1, -0.05) is 18.2 Å². The minimum absolute atomic E-state index is 0.676. The molecule has 0 saturated carbocycles. The number of fused-ring (bicyclic) bond motifs is 1. The van der Waals surface area contributed by atoms with Crippen molar-refractivity contribution < 1.29 is 4.79 Å². The lowest BCUT2D eigenvalue weighted by atomic mass is 10.1. The van der Waals surface area contributed by atoms with E-state index >= 15 is 0 Å². The van der Waals surface area contributed by atoms with Crippen molar-refractivity contribution in [3.8, 4) is 0 Å². The Morgan fingerprint density at radius 2 is 2.06 bits per heavy atom. The van der Waals surface area contributed by atoms with Crippen molar-refractivity contribution >= 4 is 17.2 Å². The summed E-state index contributed by atoms with van der Waals surface area (Å²) in [5.74, 6) is 0. The lowest BCUT2D eigenvalue weighted by molar-refractivity contribution is 0.112. The van der Waals surface area contributed by atoms with E-state index in [0.29, 0.717) is 12.1 Å². The molecule has 0 atom stereocenters. The second kappa shape index (κ2) is 4.45. The van der Waals surface area contributed by atoms with Gasteiger partial charge in [-0.3, -0.25) is 9.78 Å². The van der Waals surface area contributed by atoms with Gasteiger partial charge in [-0.05, 0) is 24.3 Å². The van der Waals surface area contributed by atoms with Crippen LogP contribution in [0.4, 0.5) is 0 Å². The maximum absolute atomic E-state index is 11.1. The topological polar surface area (TPSA) is 34.9 Å². The third-order valence-corrected chi connectivity index (χ3v) is 3.01. The number of rotatable bonds is 3. The molecule has 0 aliphatic carbocycles. The third kappa shape index (κ3) is 1.80. The van der Waals surface area contributed by atoms with Gasteiger partial charge in [0, 0.05) is 23.3 Å². The molecule has 0 N–H and O–H groups in total. The van der Waals surface area contributed by atoms with Gasteiger partial charge in [0.1, 0.15) is 0 Å². The average molecular weight is 236 g/mol. The Labute approximate surface area is 105 Å². The fourth-order valence-corrected chi connectivity index (χ4v) is 2.18. The first-order valence-electron chi connectivity index (χ1n) is 5.81. The number of pyridine rings is 1. The highest BCUT2D eigenvalue weighted by molar-refractivity contribution is 5.96. The summed E-state index contributed by atoms with van der Waals surface area (Å²) in [6.07, 6.45) is 4.67. The average Bonchev–Trinajstić information content (AvgIpc) is 2.83. The molecule has 18 heavy (non-hydrogen) atoms. The zero-order valence-corrected chi connectivity index (χ0v) is 9.78. The standard InChI is InChI=1S/C15H12N2O/c18-11-13-5-3-4-12-7-9-17(15(12)13)10-14-6-1-2-8-16-14/h1-9,11H,10H2. The van der Waals surface area contributed by atoms with Crippen molar-refractivity contribution in [2.45, 2.75) is 6.54 Å². The molecule has 0 aliphatic rings. The Morgan fingerprint density at radius 3 is 2.83 bits per heavy atom. The van der Waals surface area contributed by atoms with Gasteiger partial charge < -0.3 is 4.57 Å². The normalized spacial score (nSPS) is 10.7. The lowest BCUT2D eigenvalue weighted by Gasteiger charge is -2.06. The summed E-state index contributed by atoms with van der Waals surface area (Å²) in [5.41, 5.74) is 2.67. The third-order valence-electron chi connectivity index (χ3n) is 3.01. The van der Waals surface area contributed by atoms with Crippen LogP contribution in [0.3, 0.4) is 0 Å². The van der Waals surface area contributed by atoms with E-state index in [-0.39, 0.29) is 0 Å².